The van der Waals surface area contributed by atoms with Crippen molar-refractivity contribution in [3.63, 3.8) is 0 Å². The van der Waals surface area contributed by atoms with Crippen molar-refractivity contribution < 1.29 is 13.9 Å². The van der Waals surface area contributed by atoms with Crippen LogP contribution in [0.3, 0.4) is 0 Å². The smallest absolute Gasteiger partial charge is 0.244 e. The van der Waals surface area contributed by atoms with Crippen LogP contribution in [0, 0.1) is 5.82 Å². The van der Waals surface area contributed by atoms with Crippen molar-refractivity contribution in [3.05, 3.63) is 54.1 Å². The molecule has 2 aromatic rings. The molecule has 0 saturated heterocycles. The van der Waals surface area contributed by atoms with Crippen LogP contribution in [0.15, 0.2) is 42.7 Å². The van der Waals surface area contributed by atoms with E-state index in [1.54, 1.807) is 18.3 Å². The average molecular weight is 303 g/mol. The summed E-state index contributed by atoms with van der Waals surface area (Å²) in [5, 5.41) is 6.84. The second kappa shape index (κ2) is 7.97. The zero-order valence-corrected chi connectivity index (χ0v) is 12.3. The van der Waals surface area contributed by atoms with Gasteiger partial charge in [0.15, 0.2) is 11.6 Å². The minimum atomic E-state index is -0.454. The predicted octanol–water partition coefficient (Wildman–Crippen LogP) is 2.25. The van der Waals surface area contributed by atoms with Gasteiger partial charge >= 0.3 is 0 Å². The number of halogens is 1. The molecule has 0 aliphatic rings. The fourth-order valence-electron chi connectivity index (χ4n) is 1.90. The Bertz CT molecular complexity index is 639. The Morgan fingerprint density at radius 3 is 3.05 bits per heavy atom. The lowest BCUT2D eigenvalue weighted by Crippen LogP contribution is -2.23. The monoisotopic (exact) mass is 303 g/mol. The quantitative estimate of drug-likeness (QED) is 0.630. The molecule has 0 unspecified atom stereocenters. The molecular formula is C16H18FN3O2. The third kappa shape index (κ3) is 4.73. The summed E-state index contributed by atoms with van der Waals surface area (Å²) >= 11 is 0. The lowest BCUT2D eigenvalue weighted by molar-refractivity contribution is -0.116. The summed E-state index contributed by atoms with van der Waals surface area (Å²) in [6, 6.07) is 6.38. The van der Waals surface area contributed by atoms with E-state index in [0.717, 1.165) is 13.0 Å². The first kappa shape index (κ1) is 15.8. The number of benzene rings is 1. The molecule has 0 fully saturated rings. The van der Waals surface area contributed by atoms with E-state index in [1.165, 1.54) is 25.3 Å². The van der Waals surface area contributed by atoms with Crippen molar-refractivity contribution in [1.82, 2.24) is 15.1 Å². The van der Waals surface area contributed by atoms with Crippen LogP contribution in [-0.4, -0.2) is 29.3 Å². The maximum atomic E-state index is 13.5. The first-order valence-electron chi connectivity index (χ1n) is 6.96. The lowest BCUT2D eigenvalue weighted by Gasteiger charge is -2.03. The minimum absolute atomic E-state index is 0.181. The molecule has 0 saturated carbocycles. The molecule has 1 aromatic carbocycles. The Labute approximate surface area is 128 Å². The summed E-state index contributed by atoms with van der Waals surface area (Å²) < 4.78 is 20.1. The SMILES string of the molecule is COc1ccc(/C=C/C(=O)NCCCn2cccn2)cc1F. The van der Waals surface area contributed by atoms with Crippen LogP contribution in [0.5, 0.6) is 5.75 Å². The summed E-state index contributed by atoms with van der Waals surface area (Å²) in [6.07, 6.45) is 7.33. The molecule has 22 heavy (non-hydrogen) atoms. The highest BCUT2D eigenvalue weighted by Crippen LogP contribution is 2.18. The molecule has 1 aromatic heterocycles. The molecule has 5 nitrogen and oxygen atoms in total. The third-order valence-electron chi connectivity index (χ3n) is 3.03. The minimum Gasteiger partial charge on any atom is -0.494 e. The third-order valence-corrected chi connectivity index (χ3v) is 3.03. The highest BCUT2D eigenvalue weighted by molar-refractivity contribution is 5.91. The maximum Gasteiger partial charge on any atom is 0.244 e. The number of aromatic nitrogens is 2. The highest BCUT2D eigenvalue weighted by atomic mass is 19.1. The summed E-state index contributed by atoms with van der Waals surface area (Å²) in [7, 11) is 1.41. The first-order chi connectivity index (χ1) is 10.7. The van der Waals surface area contributed by atoms with E-state index in [9.17, 15) is 9.18 Å². The molecule has 0 aliphatic heterocycles. The number of nitrogens with one attached hydrogen (secondary N) is 1. The van der Waals surface area contributed by atoms with E-state index in [4.69, 9.17) is 4.74 Å². The number of nitrogens with zero attached hydrogens (tertiary/aromatic N) is 2. The fourth-order valence-corrected chi connectivity index (χ4v) is 1.90. The van der Waals surface area contributed by atoms with Gasteiger partial charge in [0, 0.05) is 31.6 Å². The van der Waals surface area contributed by atoms with Crippen molar-refractivity contribution in [2.24, 2.45) is 0 Å². The number of amides is 1. The van der Waals surface area contributed by atoms with Gasteiger partial charge in [0.2, 0.25) is 5.91 Å². The topological polar surface area (TPSA) is 56.1 Å². The molecule has 116 valence electrons. The standard InChI is InChI=1S/C16H18FN3O2/c1-22-15-6-4-13(12-14(15)17)5-7-16(21)18-8-2-10-20-11-3-9-19-20/h3-7,9,11-12H,2,8,10H2,1H3,(H,18,21)/b7-5+. The maximum absolute atomic E-state index is 13.5. The van der Waals surface area contributed by atoms with Crippen LogP contribution in [0.25, 0.3) is 6.08 Å². The molecule has 1 N–H and O–H groups in total. The second-order valence-corrected chi connectivity index (χ2v) is 4.64. The van der Waals surface area contributed by atoms with Crippen LogP contribution in [-0.2, 0) is 11.3 Å². The number of carbonyl (C=O) groups is 1. The summed E-state index contributed by atoms with van der Waals surface area (Å²) in [5.74, 6) is -0.485. The van der Waals surface area contributed by atoms with Gasteiger partial charge in [-0.2, -0.15) is 5.10 Å². The number of hydrogen-bond donors (Lipinski definition) is 1. The Balaban J connectivity index is 1.75. The summed E-state index contributed by atoms with van der Waals surface area (Å²) in [6.45, 7) is 1.31. The van der Waals surface area contributed by atoms with E-state index in [-0.39, 0.29) is 11.7 Å². The number of hydrogen-bond acceptors (Lipinski definition) is 3. The normalized spacial score (nSPS) is 10.8. The molecule has 1 amide bonds. The Morgan fingerprint density at radius 2 is 2.36 bits per heavy atom. The van der Waals surface area contributed by atoms with Crippen LogP contribution >= 0.6 is 0 Å². The summed E-state index contributed by atoms with van der Waals surface area (Å²) in [5.41, 5.74) is 0.602. The van der Waals surface area contributed by atoms with Crippen LogP contribution in [0.4, 0.5) is 4.39 Å². The number of carbonyl (C=O) groups excluding carboxylic acids is 1. The molecule has 0 atom stereocenters. The zero-order valence-electron chi connectivity index (χ0n) is 12.3. The molecule has 1 heterocycles. The highest BCUT2D eigenvalue weighted by Gasteiger charge is 2.02. The van der Waals surface area contributed by atoms with Gasteiger partial charge in [-0.15, -0.1) is 0 Å². The van der Waals surface area contributed by atoms with Gasteiger partial charge in [0.1, 0.15) is 0 Å². The molecular weight excluding hydrogens is 285 g/mol. The number of aryl methyl sites for hydroxylation is 1. The van der Waals surface area contributed by atoms with Crippen LogP contribution in [0.1, 0.15) is 12.0 Å². The molecule has 0 radical (unpaired) electrons. The van der Waals surface area contributed by atoms with Crippen molar-refractivity contribution in [1.29, 1.82) is 0 Å². The van der Waals surface area contributed by atoms with Gasteiger partial charge in [-0.1, -0.05) is 6.07 Å². The number of ether oxygens (including phenoxy) is 1. The molecule has 2 rings (SSSR count). The molecule has 6 heteroatoms. The van der Waals surface area contributed by atoms with E-state index >= 15 is 0 Å². The van der Waals surface area contributed by atoms with Gasteiger partial charge in [-0.3, -0.25) is 9.48 Å². The largest absolute Gasteiger partial charge is 0.494 e. The fraction of sp³-hybridized carbons (Fsp3) is 0.250. The number of methoxy groups -OCH3 is 1. The van der Waals surface area contributed by atoms with Crippen molar-refractivity contribution in [3.8, 4) is 5.75 Å². The van der Waals surface area contributed by atoms with Gasteiger partial charge in [0.05, 0.1) is 7.11 Å². The van der Waals surface area contributed by atoms with E-state index in [2.05, 4.69) is 10.4 Å². The van der Waals surface area contributed by atoms with Crippen molar-refractivity contribution >= 4 is 12.0 Å². The van der Waals surface area contributed by atoms with E-state index in [0.29, 0.717) is 12.1 Å². The van der Waals surface area contributed by atoms with E-state index < -0.39 is 5.82 Å². The van der Waals surface area contributed by atoms with Gasteiger partial charge < -0.3 is 10.1 Å². The Morgan fingerprint density at radius 1 is 1.50 bits per heavy atom. The van der Waals surface area contributed by atoms with Crippen LogP contribution in [0.2, 0.25) is 0 Å². The van der Waals surface area contributed by atoms with Crippen LogP contribution < -0.4 is 10.1 Å². The summed E-state index contributed by atoms with van der Waals surface area (Å²) in [4.78, 5) is 11.6. The van der Waals surface area contributed by atoms with Gasteiger partial charge in [-0.25, -0.2) is 4.39 Å². The van der Waals surface area contributed by atoms with Gasteiger partial charge in [0.25, 0.3) is 0 Å². The lowest BCUT2D eigenvalue weighted by atomic mass is 10.2. The van der Waals surface area contributed by atoms with E-state index in [1.807, 2.05) is 16.9 Å². The second-order valence-electron chi connectivity index (χ2n) is 4.64. The number of rotatable bonds is 7. The Kier molecular flexibility index (Phi) is 5.71. The van der Waals surface area contributed by atoms with Crippen molar-refractivity contribution in [2.45, 2.75) is 13.0 Å². The average Bonchev–Trinajstić information content (AvgIpc) is 3.03. The molecule has 0 spiro atoms. The van der Waals surface area contributed by atoms with Crippen molar-refractivity contribution in [2.75, 3.05) is 13.7 Å². The Hall–Kier alpha value is -2.63. The zero-order chi connectivity index (χ0) is 15.8. The first-order valence-corrected chi connectivity index (χ1v) is 6.96. The van der Waals surface area contributed by atoms with Gasteiger partial charge in [-0.05, 0) is 36.3 Å². The molecule has 0 bridgehead atoms. The molecule has 0 aliphatic carbocycles. The predicted molar refractivity (Wildman–Crippen MR) is 81.8 cm³/mol.